The number of para-hydroxylation sites is 1. The normalized spacial score (nSPS) is 10.4. The van der Waals surface area contributed by atoms with Gasteiger partial charge >= 0.3 is 0 Å². The highest BCUT2D eigenvalue weighted by Gasteiger charge is 2.19. The van der Waals surface area contributed by atoms with Crippen LogP contribution in [-0.4, -0.2) is 5.91 Å². The summed E-state index contributed by atoms with van der Waals surface area (Å²) in [6.45, 7) is 5.32. The summed E-state index contributed by atoms with van der Waals surface area (Å²) in [4.78, 5) is 12.1. The molecule has 0 bridgehead atoms. The van der Waals surface area contributed by atoms with Gasteiger partial charge < -0.3 is 9.73 Å². The molecule has 1 amide bonds. The van der Waals surface area contributed by atoms with Gasteiger partial charge in [-0.1, -0.05) is 12.1 Å². The lowest BCUT2D eigenvalue weighted by Crippen LogP contribution is -2.14. The number of benzene rings is 1. The number of aryl methyl sites for hydroxylation is 2. The Morgan fingerprint density at radius 2 is 1.83 bits per heavy atom. The van der Waals surface area contributed by atoms with Gasteiger partial charge in [-0.15, -0.1) is 0 Å². The third-order valence-electron chi connectivity index (χ3n) is 2.91. The molecule has 1 aromatic carbocycles. The molecule has 0 saturated carbocycles. The van der Waals surface area contributed by atoms with Crippen LogP contribution in [0.4, 0.5) is 10.1 Å². The summed E-state index contributed by atoms with van der Waals surface area (Å²) in [6.07, 6.45) is 0. The molecule has 94 valence electrons. The predicted molar refractivity (Wildman–Crippen MR) is 67.3 cm³/mol. The summed E-state index contributed by atoms with van der Waals surface area (Å²) in [5, 5.41) is 2.55. The van der Waals surface area contributed by atoms with Gasteiger partial charge in [0.15, 0.2) is 0 Å². The molecule has 0 aliphatic carbocycles. The molecule has 4 heteroatoms. The maximum Gasteiger partial charge on any atom is 0.259 e. The fourth-order valence-corrected chi connectivity index (χ4v) is 1.87. The minimum atomic E-state index is -0.457. The number of hydrogen-bond donors (Lipinski definition) is 1. The number of hydrogen-bond acceptors (Lipinski definition) is 2. The second-order valence-corrected chi connectivity index (χ2v) is 4.15. The van der Waals surface area contributed by atoms with Crippen LogP contribution in [0.15, 0.2) is 28.7 Å². The fourth-order valence-electron chi connectivity index (χ4n) is 1.87. The molecule has 0 saturated heterocycles. The quantitative estimate of drug-likeness (QED) is 0.881. The molecule has 3 nitrogen and oxygen atoms in total. The molecule has 0 aliphatic heterocycles. The van der Waals surface area contributed by atoms with Crippen molar-refractivity contribution in [3.05, 3.63) is 52.7 Å². The highest BCUT2D eigenvalue weighted by molar-refractivity contribution is 6.06. The SMILES string of the molecule is Cc1oc(C)c(C(=O)Nc2ccccc2F)c1C. The average molecular weight is 247 g/mol. The van der Waals surface area contributed by atoms with Crippen molar-refractivity contribution in [2.24, 2.45) is 0 Å². The standard InChI is InChI=1S/C14H14FNO2/c1-8-9(2)18-10(3)13(8)14(17)16-12-7-5-4-6-11(12)15/h4-7H,1-3H3,(H,16,17). The van der Waals surface area contributed by atoms with Gasteiger partial charge in [0.2, 0.25) is 0 Å². The molecule has 0 atom stereocenters. The van der Waals surface area contributed by atoms with Gasteiger partial charge in [-0.25, -0.2) is 4.39 Å². The predicted octanol–water partition coefficient (Wildman–Crippen LogP) is 3.60. The van der Waals surface area contributed by atoms with E-state index in [1.165, 1.54) is 12.1 Å². The Labute approximate surface area is 105 Å². The highest BCUT2D eigenvalue weighted by Crippen LogP contribution is 2.22. The number of carbonyl (C=O) groups is 1. The molecular formula is C14H14FNO2. The first kappa shape index (κ1) is 12.4. The molecule has 2 aromatic rings. The molecule has 0 aliphatic rings. The van der Waals surface area contributed by atoms with E-state index >= 15 is 0 Å². The topological polar surface area (TPSA) is 42.2 Å². The average Bonchev–Trinajstić information content (AvgIpc) is 2.56. The van der Waals surface area contributed by atoms with Crippen molar-refractivity contribution < 1.29 is 13.6 Å². The maximum absolute atomic E-state index is 13.4. The van der Waals surface area contributed by atoms with Crippen LogP contribution in [0.2, 0.25) is 0 Å². The van der Waals surface area contributed by atoms with Gasteiger partial charge in [-0.2, -0.15) is 0 Å². The van der Waals surface area contributed by atoms with Crippen LogP contribution in [0.1, 0.15) is 27.4 Å². The fraction of sp³-hybridized carbons (Fsp3) is 0.214. The van der Waals surface area contributed by atoms with E-state index in [4.69, 9.17) is 4.42 Å². The van der Waals surface area contributed by atoms with Crippen molar-refractivity contribution in [2.75, 3.05) is 5.32 Å². The van der Waals surface area contributed by atoms with Crippen molar-refractivity contribution in [2.45, 2.75) is 20.8 Å². The van der Waals surface area contributed by atoms with Crippen LogP contribution in [0, 0.1) is 26.6 Å². The van der Waals surface area contributed by atoms with Gasteiger partial charge in [-0.3, -0.25) is 4.79 Å². The molecule has 1 N–H and O–H groups in total. The monoisotopic (exact) mass is 247 g/mol. The molecule has 1 aromatic heterocycles. The highest BCUT2D eigenvalue weighted by atomic mass is 19.1. The van der Waals surface area contributed by atoms with E-state index in [1.54, 1.807) is 26.0 Å². The van der Waals surface area contributed by atoms with Crippen LogP contribution in [0.5, 0.6) is 0 Å². The van der Waals surface area contributed by atoms with E-state index in [2.05, 4.69) is 5.32 Å². The first-order valence-electron chi connectivity index (χ1n) is 5.63. The van der Waals surface area contributed by atoms with Crippen LogP contribution >= 0.6 is 0 Å². The second-order valence-electron chi connectivity index (χ2n) is 4.15. The van der Waals surface area contributed by atoms with Crippen molar-refractivity contribution in [1.29, 1.82) is 0 Å². The van der Waals surface area contributed by atoms with Crippen LogP contribution < -0.4 is 5.32 Å². The van der Waals surface area contributed by atoms with Crippen molar-refractivity contribution >= 4 is 11.6 Å². The van der Waals surface area contributed by atoms with E-state index in [0.717, 1.165) is 5.56 Å². The first-order valence-corrected chi connectivity index (χ1v) is 5.63. The van der Waals surface area contributed by atoms with Crippen molar-refractivity contribution in [3.8, 4) is 0 Å². The van der Waals surface area contributed by atoms with Crippen LogP contribution in [0.3, 0.4) is 0 Å². The number of carbonyl (C=O) groups excluding carboxylic acids is 1. The lowest BCUT2D eigenvalue weighted by atomic mass is 10.1. The van der Waals surface area contributed by atoms with Crippen molar-refractivity contribution in [1.82, 2.24) is 0 Å². The van der Waals surface area contributed by atoms with Gasteiger partial charge in [-0.05, 0) is 32.9 Å². The van der Waals surface area contributed by atoms with Gasteiger partial charge in [0.05, 0.1) is 11.3 Å². The molecule has 18 heavy (non-hydrogen) atoms. The van der Waals surface area contributed by atoms with E-state index in [-0.39, 0.29) is 11.6 Å². The molecule has 0 radical (unpaired) electrons. The molecule has 0 unspecified atom stereocenters. The third-order valence-corrected chi connectivity index (χ3v) is 2.91. The summed E-state index contributed by atoms with van der Waals surface area (Å²) in [5.41, 5.74) is 1.41. The Morgan fingerprint density at radius 1 is 1.17 bits per heavy atom. The Bertz CT molecular complexity index is 602. The van der Waals surface area contributed by atoms with Gasteiger partial charge in [0.25, 0.3) is 5.91 Å². The minimum absolute atomic E-state index is 0.167. The zero-order valence-electron chi connectivity index (χ0n) is 10.5. The Morgan fingerprint density at radius 3 is 2.39 bits per heavy atom. The maximum atomic E-state index is 13.4. The number of furan rings is 1. The number of rotatable bonds is 2. The summed E-state index contributed by atoms with van der Waals surface area (Å²) >= 11 is 0. The molecule has 2 rings (SSSR count). The van der Waals surface area contributed by atoms with Crippen LogP contribution in [-0.2, 0) is 0 Å². The van der Waals surface area contributed by atoms with E-state index in [9.17, 15) is 9.18 Å². The number of halogens is 1. The number of anilines is 1. The summed E-state index contributed by atoms with van der Waals surface area (Å²) in [7, 11) is 0. The lowest BCUT2D eigenvalue weighted by Gasteiger charge is -2.06. The van der Waals surface area contributed by atoms with Gasteiger partial charge in [0, 0.05) is 5.56 Å². The zero-order valence-corrected chi connectivity index (χ0v) is 10.5. The molecular weight excluding hydrogens is 233 g/mol. The van der Waals surface area contributed by atoms with E-state index in [1.807, 2.05) is 6.92 Å². The Kier molecular flexibility index (Phi) is 3.19. The second kappa shape index (κ2) is 4.64. The van der Waals surface area contributed by atoms with E-state index < -0.39 is 5.82 Å². The lowest BCUT2D eigenvalue weighted by molar-refractivity contribution is 0.102. The largest absolute Gasteiger partial charge is 0.466 e. The third kappa shape index (κ3) is 2.14. The smallest absolute Gasteiger partial charge is 0.259 e. The molecule has 1 heterocycles. The summed E-state index contributed by atoms with van der Waals surface area (Å²) in [5.74, 6) is 0.429. The zero-order chi connectivity index (χ0) is 13.3. The Balaban J connectivity index is 2.31. The van der Waals surface area contributed by atoms with E-state index in [0.29, 0.717) is 17.1 Å². The summed E-state index contributed by atoms with van der Waals surface area (Å²) in [6, 6.07) is 6.06. The van der Waals surface area contributed by atoms with Crippen LogP contribution in [0.25, 0.3) is 0 Å². The van der Waals surface area contributed by atoms with Gasteiger partial charge in [0.1, 0.15) is 17.3 Å². The first-order chi connectivity index (χ1) is 8.50. The number of nitrogens with one attached hydrogen (secondary N) is 1. The number of amides is 1. The Hall–Kier alpha value is -2.10. The molecule has 0 fully saturated rings. The van der Waals surface area contributed by atoms with Crippen molar-refractivity contribution in [3.63, 3.8) is 0 Å². The molecule has 0 spiro atoms. The minimum Gasteiger partial charge on any atom is -0.466 e. The summed E-state index contributed by atoms with van der Waals surface area (Å²) < 4.78 is 18.8.